The molecule has 6 heteroatoms. The molecule has 2 rings (SSSR count). The molecule has 94 valence electrons. The highest BCUT2D eigenvalue weighted by Gasteiger charge is 2.32. The fraction of sp³-hybridized carbons (Fsp3) is 0.0833. The topological polar surface area (TPSA) is 12.9 Å². The van der Waals surface area contributed by atoms with Gasteiger partial charge in [-0.2, -0.15) is 13.2 Å². The molecule has 0 aliphatic rings. The number of hydrogen-bond donors (Lipinski definition) is 0. The molecule has 0 atom stereocenters. The summed E-state index contributed by atoms with van der Waals surface area (Å²) in [4.78, 5) is 3.32. The van der Waals surface area contributed by atoms with Gasteiger partial charge in [0.1, 0.15) is 17.3 Å². The van der Waals surface area contributed by atoms with Crippen LogP contribution in [0.1, 0.15) is 5.69 Å². The van der Waals surface area contributed by atoms with E-state index in [1.165, 1.54) is 6.07 Å². The Labute approximate surface area is 98.9 Å². The summed E-state index contributed by atoms with van der Waals surface area (Å²) >= 11 is 0. The van der Waals surface area contributed by atoms with Crippen molar-refractivity contribution in [3.05, 3.63) is 53.7 Å². The maximum absolute atomic E-state index is 13.4. The molecule has 0 saturated heterocycles. The zero-order chi connectivity index (χ0) is 13.3. The lowest BCUT2D eigenvalue weighted by atomic mass is 10.1. The Hall–Kier alpha value is -1.98. The van der Waals surface area contributed by atoms with Crippen LogP contribution < -0.4 is 0 Å². The number of aromatic nitrogens is 1. The third-order valence-corrected chi connectivity index (χ3v) is 2.25. The molecule has 0 fully saturated rings. The molecule has 0 aliphatic heterocycles. The summed E-state index contributed by atoms with van der Waals surface area (Å²) in [7, 11) is 0. The van der Waals surface area contributed by atoms with E-state index in [0.717, 1.165) is 24.3 Å². The Kier molecular flexibility index (Phi) is 3.02. The van der Waals surface area contributed by atoms with Gasteiger partial charge < -0.3 is 0 Å². The van der Waals surface area contributed by atoms with Gasteiger partial charge in [-0.25, -0.2) is 13.8 Å². The van der Waals surface area contributed by atoms with Crippen molar-refractivity contribution in [2.45, 2.75) is 6.18 Å². The third kappa shape index (κ3) is 2.47. The van der Waals surface area contributed by atoms with Crippen LogP contribution in [0.25, 0.3) is 11.3 Å². The van der Waals surface area contributed by atoms with E-state index in [4.69, 9.17) is 0 Å². The molecule has 0 saturated carbocycles. The minimum absolute atomic E-state index is 0.178. The summed E-state index contributed by atoms with van der Waals surface area (Å²) < 4.78 is 63.4. The molecular weight excluding hydrogens is 253 g/mol. The van der Waals surface area contributed by atoms with E-state index in [1.54, 1.807) is 0 Å². The lowest BCUT2D eigenvalue weighted by Crippen LogP contribution is -2.08. The normalized spacial score (nSPS) is 11.6. The Morgan fingerprint density at radius 2 is 1.67 bits per heavy atom. The number of hydrogen-bond acceptors (Lipinski definition) is 1. The van der Waals surface area contributed by atoms with Crippen molar-refractivity contribution in [1.82, 2.24) is 4.98 Å². The second-order valence-electron chi connectivity index (χ2n) is 3.53. The highest BCUT2D eigenvalue weighted by atomic mass is 19.4. The fourth-order valence-corrected chi connectivity index (χ4v) is 1.44. The van der Waals surface area contributed by atoms with Crippen LogP contribution in [0, 0.1) is 11.6 Å². The molecule has 1 heterocycles. The lowest BCUT2D eigenvalue weighted by Gasteiger charge is -2.08. The Balaban J connectivity index is 2.51. The number of rotatable bonds is 1. The average molecular weight is 259 g/mol. The fourth-order valence-electron chi connectivity index (χ4n) is 1.44. The van der Waals surface area contributed by atoms with Crippen molar-refractivity contribution < 1.29 is 22.0 Å². The van der Waals surface area contributed by atoms with Gasteiger partial charge in [-0.3, -0.25) is 0 Å². The first-order valence-corrected chi connectivity index (χ1v) is 4.87. The highest BCUT2D eigenvalue weighted by Crippen LogP contribution is 2.30. The number of alkyl halides is 3. The van der Waals surface area contributed by atoms with Crippen LogP contribution in [0.2, 0.25) is 0 Å². The predicted octanol–water partition coefficient (Wildman–Crippen LogP) is 4.05. The first-order valence-electron chi connectivity index (χ1n) is 4.87. The molecular formula is C12H6F5N. The average Bonchev–Trinajstić information content (AvgIpc) is 2.28. The van der Waals surface area contributed by atoms with Gasteiger partial charge in [0, 0.05) is 11.6 Å². The minimum Gasteiger partial charge on any atom is -0.243 e. The molecule has 2 aromatic rings. The van der Waals surface area contributed by atoms with Crippen molar-refractivity contribution in [2.24, 2.45) is 0 Å². The Morgan fingerprint density at radius 3 is 2.28 bits per heavy atom. The number of pyridine rings is 1. The first kappa shape index (κ1) is 12.5. The SMILES string of the molecule is Fc1ccc(-c2cccc(C(F)(F)F)n2)c(F)c1. The molecule has 18 heavy (non-hydrogen) atoms. The van der Waals surface area contributed by atoms with E-state index in [1.807, 2.05) is 0 Å². The van der Waals surface area contributed by atoms with E-state index in [0.29, 0.717) is 6.07 Å². The maximum atomic E-state index is 13.4. The molecule has 1 nitrogen and oxygen atoms in total. The molecule has 0 amide bonds. The van der Waals surface area contributed by atoms with Crippen LogP contribution in [-0.2, 0) is 6.18 Å². The third-order valence-electron chi connectivity index (χ3n) is 2.25. The van der Waals surface area contributed by atoms with Gasteiger partial charge in [-0.05, 0) is 24.3 Å². The summed E-state index contributed by atoms with van der Waals surface area (Å²) in [6, 6.07) is 5.73. The van der Waals surface area contributed by atoms with Crippen LogP contribution in [0.15, 0.2) is 36.4 Å². The quantitative estimate of drug-likeness (QED) is 0.704. The van der Waals surface area contributed by atoms with Gasteiger partial charge in [0.2, 0.25) is 0 Å². The molecule has 1 aromatic heterocycles. The monoisotopic (exact) mass is 259 g/mol. The Morgan fingerprint density at radius 1 is 0.944 bits per heavy atom. The molecule has 0 radical (unpaired) electrons. The summed E-state index contributed by atoms with van der Waals surface area (Å²) in [6.45, 7) is 0. The molecule has 1 aromatic carbocycles. The van der Waals surface area contributed by atoms with Crippen molar-refractivity contribution in [3.63, 3.8) is 0 Å². The number of nitrogens with zero attached hydrogens (tertiary/aromatic N) is 1. The van der Waals surface area contributed by atoms with Gasteiger partial charge in [0.25, 0.3) is 0 Å². The zero-order valence-corrected chi connectivity index (χ0v) is 8.80. The van der Waals surface area contributed by atoms with Gasteiger partial charge in [-0.15, -0.1) is 0 Å². The van der Waals surface area contributed by atoms with Crippen LogP contribution in [0.3, 0.4) is 0 Å². The van der Waals surface area contributed by atoms with Crippen LogP contribution >= 0.6 is 0 Å². The van der Waals surface area contributed by atoms with Crippen molar-refractivity contribution in [1.29, 1.82) is 0 Å². The summed E-state index contributed by atoms with van der Waals surface area (Å²) in [5.74, 6) is -1.76. The summed E-state index contributed by atoms with van der Waals surface area (Å²) in [6.07, 6.45) is -4.60. The maximum Gasteiger partial charge on any atom is 0.433 e. The zero-order valence-electron chi connectivity index (χ0n) is 8.80. The van der Waals surface area contributed by atoms with E-state index in [9.17, 15) is 22.0 Å². The van der Waals surface area contributed by atoms with Crippen LogP contribution in [-0.4, -0.2) is 4.98 Å². The lowest BCUT2D eigenvalue weighted by molar-refractivity contribution is -0.141. The van der Waals surface area contributed by atoms with E-state index < -0.39 is 23.5 Å². The summed E-state index contributed by atoms with van der Waals surface area (Å²) in [5.41, 5.74) is -1.49. The predicted molar refractivity (Wildman–Crippen MR) is 54.6 cm³/mol. The number of benzene rings is 1. The largest absolute Gasteiger partial charge is 0.433 e. The highest BCUT2D eigenvalue weighted by molar-refractivity contribution is 5.60. The second kappa shape index (κ2) is 4.36. The van der Waals surface area contributed by atoms with Gasteiger partial charge in [0.15, 0.2) is 0 Å². The van der Waals surface area contributed by atoms with E-state index in [2.05, 4.69) is 4.98 Å². The van der Waals surface area contributed by atoms with Gasteiger partial charge >= 0.3 is 6.18 Å². The summed E-state index contributed by atoms with van der Waals surface area (Å²) in [5, 5.41) is 0. The molecule has 0 N–H and O–H groups in total. The molecule has 0 aliphatic carbocycles. The number of halogens is 5. The minimum atomic E-state index is -4.60. The van der Waals surface area contributed by atoms with Crippen LogP contribution in [0.4, 0.5) is 22.0 Å². The second-order valence-corrected chi connectivity index (χ2v) is 3.53. The van der Waals surface area contributed by atoms with Crippen LogP contribution in [0.5, 0.6) is 0 Å². The molecule has 0 unspecified atom stereocenters. The van der Waals surface area contributed by atoms with E-state index >= 15 is 0 Å². The van der Waals surface area contributed by atoms with Crippen molar-refractivity contribution in [3.8, 4) is 11.3 Å². The van der Waals surface area contributed by atoms with Gasteiger partial charge in [0.05, 0.1) is 5.69 Å². The standard InChI is InChI=1S/C12H6F5N/c13-7-4-5-8(9(14)6-7)10-2-1-3-11(18-10)12(15,16)17/h1-6H. The smallest absolute Gasteiger partial charge is 0.243 e. The van der Waals surface area contributed by atoms with Gasteiger partial charge in [-0.1, -0.05) is 6.07 Å². The van der Waals surface area contributed by atoms with Crippen molar-refractivity contribution in [2.75, 3.05) is 0 Å². The molecule has 0 spiro atoms. The first-order chi connectivity index (χ1) is 8.38. The van der Waals surface area contributed by atoms with E-state index in [-0.39, 0.29) is 11.3 Å². The molecule has 0 bridgehead atoms. The van der Waals surface area contributed by atoms with Crippen molar-refractivity contribution >= 4 is 0 Å². The Bertz CT molecular complexity index is 577.